The van der Waals surface area contributed by atoms with Crippen molar-refractivity contribution in [3.63, 3.8) is 0 Å². The molecule has 0 saturated heterocycles. The zero-order valence-corrected chi connectivity index (χ0v) is 14.6. The van der Waals surface area contributed by atoms with Crippen LogP contribution in [0.4, 0.5) is 0 Å². The van der Waals surface area contributed by atoms with Crippen LogP contribution in [0, 0.1) is 0 Å². The fourth-order valence-corrected chi connectivity index (χ4v) is 3.30. The summed E-state index contributed by atoms with van der Waals surface area (Å²) in [6.45, 7) is 1.16. The summed E-state index contributed by atoms with van der Waals surface area (Å²) in [5.74, 6) is 0.694. The number of carbonyl (C=O) groups excluding carboxylic acids is 1. The Kier molecular flexibility index (Phi) is 5.01. The molecule has 0 atom stereocenters. The quantitative estimate of drug-likeness (QED) is 0.681. The number of rotatable bonds is 6. The predicted molar refractivity (Wildman–Crippen MR) is 96.3 cm³/mol. The highest BCUT2D eigenvalue weighted by atomic mass is 32.1. The lowest BCUT2D eigenvalue weighted by atomic mass is 10.1. The van der Waals surface area contributed by atoms with Gasteiger partial charge in [0.05, 0.1) is 20.2 Å². The molecule has 0 unspecified atom stereocenters. The van der Waals surface area contributed by atoms with E-state index in [4.69, 9.17) is 4.74 Å². The summed E-state index contributed by atoms with van der Waals surface area (Å²) in [7, 11) is 3.60. The first-order valence-electron chi connectivity index (χ1n) is 7.73. The third kappa shape index (κ3) is 3.68. The van der Waals surface area contributed by atoms with Crippen LogP contribution < -0.4 is 4.74 Å². The van der Waals surface area contributed by atoms with E-state index < -0.39 is 0 Å². The number of ether oxygens (including phenoxy) is 1. The SMILES string of the molecule is COc1cccc(C(=O)N(Cc2cccs2)Cc2cccn2C)c1. The Bertz CT molecular complexity index is 808. The van der Waals surface area contributed by atoms with Crippen LogP contribution in [0.1, 0.15) is 20.9 Å². The summed E-state index contributed by atoms with van der Waals surface area (Å²) in [5.41, 5.74) is 1.74. The van der Waals surface area contributed by atoms with Crippen LogP contribution in [0.3, 0.4) is 0 Å². The summed E-state index contributed by atoms with van der Waals surface area (Å²) in [6.07, 6.45) is 1.99. The molecular weight excluding hydrogens is 320 g/mol. The second kappa shape index (κ2) is 7.36. The Morgan fingerprint density at radius 2 is 2.04 bits per heavy atom. The van der Waals surface area contributed by atoms with Gasteiger partial charge in [-0.2, -0.15) is 0 Å². The highest BCUT2D eigenvalue weighted by Gasteiger charge is 2.18. The van der Waals surface area contributed by atoms with Gasteiger partial charge in [-0.05, 0) is 41.8 Å². The predicted octanol–water partition coefficient (Wildman–Crippen LogP) is 3.94. The maximum absolute atomic E-state index is 13.0. The zero-order valence-electron chi connectivity index (χ0n) is 13.8. The maximum atomic E-state index is 13.0. The largest absolute Gasteiger partial charge is 0.497 e. The summed E-state index contributed by atoms with van der Waals surface area (Å²) < 4.78 is 7.28. The van der Waals surface area contributed by atoms with Gasteiger partial charge in [0.1, 0.15) is 5.75 Å². The topological polar surface area (TPSA) is 34.5 Å². The molecule has 2 aromatic heterocycles. The average Bonchev–Trinajstić information content (AvgIpc) is 3.26. The first-order chi connectivity index (χ1) is 11.7. The van der Waals surface area contributed by atoms with Gasteiger partial charge in [-0.3, -0.25) is 4.79 Å². The van der Waals surface area contributed by atoms with Crippen molar-refractivity contribution in [2.75, 3.05) is 7.11 Å². The Morgan fingerprint density at radius 1 is 1.17 bits per heavy atom. The van der Waals surface area contributed by atoms with Crippen molar-refractivity contribution >= 4 is 17.2 Å². The third-order valence-corrected chi connectivity index (χ3v) is 4.80. The smallest absolute Gasteiger partial charge is 0.254 e. The summed E-state index contributed by atoms with van der Waals surface area (Å²) in [6, 6.07) is 15.4. The molecule has 124 valence electrons. The van der Waals surface area contributed by atoms with Crippen molar-refractivity contribution in [1.82, 2.24) is 9.47 Å². The van der Waals surface area contributed by atoms with Gasteiger partial charge in [0, 0.05) is 29.4 Å². The van der Waals surface area contributed by atoms with Crippen LogP contribution >= 0.6 is 11.3 Å². The molecule has 0 aliphatic rings. The van der Waals surface area contributed by atoms with E-state index in [9.17, 15) is 4.79 Å². The molecule has 3 rings (SSSR count). The molecule has 0 radical (unpaired) electrons. The minimum atomic E-state index is 0.00324. The van der Waals surface area contributed by atoms with Crippen molar-refractivity contribution in [3.8, 4) is 5.75 Å². The molecule has 1 aromatic carbocycles. The van der Waals surface area contributed by atoms with Gasteiger partial charge >= 0.3 is 0 Å². The van der Waals surface area contributed by atoms with Gasteiger partial charge in [0.25, 0.3) is 5.91 Å². The van der Waals surface area contributed by atoms with Crippen LogP contribution in [0.25, 0.3) is 0 Å². The van der Waals surface area contributed by atoms with Crippen molar-refractivity contribution in [2.45, 2.75) is 13.1 Å². The van der Waals surface area contributed by atoms with Crippen molar-refractivity contribution in [1.29, 1.82) is 0 Å². The van der Waals surface area contributed by atoms with Gasteiger partial charge in [-0.25, -0.2) is 0 Å². The highest BCUT2D eigenvalue weighted by Crippen LogP contribution is 2.19. The molecule has 4 nitrogen and oxygen atoms in total. The second-order valence-corrected chi connectivity index (χ2v) is 6.62. The van der Waals surface area contributed by atoms with E-state index in [0.717, 1.165) is 5.69 Å². The molecule has 5 heteroatoms. The average molecular weight is 340 g/mol. The zero-order chi connectivity index (χ0) is 16.9. The first-order valence-corrected chi connectivity index (χ1v) is 8.61. The number of amides is 1. The van der Waals surface area contributed by atoms with Crippen LogP contribution in [0.5, 0.6) is 5.75 Å². The summed E-state index contributed by atoms with van der Waals surface area (Å²) in [4.78, 5) is 16.1. The van der Waals surface area contributed by atoms with Crippen molar-refractivity contribution in [3.05, 3.63) is 76.2 Å². The fraction of sp³-hybridized carbons (Fsp3) is 0.211. The molecular formula is C19H20N2O2S. The molecule has 2 heterocycles. The van der Waals surface area contributed by atoms with E-state index in [1.54, 1.807) is 24.5 Å². The van der Waals surface area contributed by atoms with Crippen LogP contribution in [0.2, 0.25) is 0 Å². The fourth-order valence-electron chi connectivity index (χ4n) is 2.59. The Labute approximate surface area is 145 Å². The standard InChI is InChI=1S/C19H20N2O2S/c1-20-10-4-7-16(20)13-21(14-18-9-5-11-24-18)19(22)15-6-3-8-17(12-15)23-2/h3-12H,13-14H2,1-2H3. The lowest BCUT2D eigenvalue weighted by molar-refractivity contribution is 0.0728. The number of carbonyl (C=O) groups is 1. The normalized spacial score (nSPS) is 10.6. The van der Waals surface area contributed by atoms with Crippen LogP contribution in [-0.4, -0.2) is 22.5 Å². The molecule has 1 amide bonds. The molecule has 0 saturated carbocycles. The molecule has 0 bridgehead atoms. The number of aryl methyl sites for hydroxylation is 1. The third-order valence-electron chi connectivity index (χ3n) is 3.93. The molecule has 0 spiro atoms. The summed E-state index contributed by atoms with van der Waals surface area (Å²) >= 11 is 1.66. The van der Waals surface area contributed by atoms with Crippen LogP contribution in [-0.2, 0) is 20.1 Å². The Hall–Kier alpha value is -2.53. The number of methoxy groups -OCH3 is 1. The number of aromatic nitrogens is 1. The van der Waals surface area contributed by atoms with Gasteiger partial charge in [0.2, 0.25) is 0 Å². The van der Waals surface area contributed by atoms with E-state index in [-0.39, 0.29) is 5.91 Å². The number of hydrogen-bond acceptors (Lipinski definition) is 3. The number of hydrogen-bond donors (Lipinski definition) is 0. The molecule has 0 aliphatic carbocycles. The summed E-state index contributed by atoms with van der Waals surface area (Å²) in [5, 5.41) is 2.03. The van der Waals surface area contributed by atoms with E-state index >= 15 is 0 Å². The van der Waals surface area contributed by atoms with E-state index in [2.05, 4.69) is 6.07 Å². The van der Waals surface area contributed by atoms with E-state index in [1.807, 2.05) is 64.5 Å². The lowest BCUT2D eigenvalue weighted by Gasteiger charge is -2.23. The molecule has 0 aliphatic heterocycles. The number of benzene rings is 1. The molecule has 0 N–H and O–H groups in total. The van der Waals surface area contributed by atoms with Gasteiger partial charge in [-0.15, -0.1) is 11.3 Å². The second-order valence-electron chi connectivity index (χ2n) is 5.58. The van der Waals surface area contributed by atoms with Crippen LogP contribution in [0.15, 0.2) is 60.1 Å². The first kappa shape index (κ1) is 16.3. The van der Waals surface area contributed by atoms with Gasteiger partial charge in [-0.1, -0.05) is 12.1 Å². The van der Waals surface area contributed by atoms with Gasteiger partial charge < -0.3 is 14.2 Å². The number of thiophene rings is 1. The van der Waals surface area contributed by atoms with E-state index in [1.165, 1.54) is 4.88 Å². The maximum Gasteiger partial charge on any atom is 0.254 e. The Morgan fingerprint density at radius 3 is 2.71 bits per heavy atom. The molecule has 24 heavy (non-hydrogen) atoms. The highest BCUT2D eigenvalue weighted by molar-refractivity contribution is 7.09. The number of nitrogens with zero attached hydrogens (tertiary/aromatic N) is 2. The monoisotopic (exact) mass is 340 g/mol. The molecule has 3 aromatic rings. The lowest BCUT2D eigenvalue weighted by Crippen LogP contribution is -2.30. The minimum absolute atomic E-state index is 0.00324. The van der Waals surface area contributed by atoms with Crippen molar-refractivity contribution in [2.24, 2.45) is 7.05 Å². The van der Waals surface area contributed by atoms with Gasteiger partial charge in [0.15, 0.2) is 0 Å². The van der Waals surface area contributed by atoms with E-state index in [0.29, 0.717) is 24.4 Å². The Balaban J connectivity index is 1.87. The van der Waals surface area contributed by atoms with Crippen molar-refractivity contribution < 1.29 is 9.53 Å². The molecule has 0 fully saturated rings. The minimum Gasteiger partial charge on any atom is -0.497 e.